The van der Waals surface area contributed by atoms with Gasteiger partial charge in [-0.3, -0.25) is 9.59 Å². The van der Waals surface area contributed by atoms with E-state index in [4.69, 9.17) is 9.47 Å². The molecule has 2 aromatic rings. The van der Waals surface area contributed by atoms with Gasteiger partial charge < -0.3 is 14.6 Å². The van der Waals surface area contributed by atoms with E-state index in [1.54, 1.807) is 36.4 Å². The van der Waals surface area contributed by atoms with Gasteiger partial charge in [-0.2, -0.15) is 0 Å². The summed E-state index contributed by atoms with van der Waals surface area (Å²) in [5.41, 5.74) is 0.595. The number of aliphatic hydroxyl groups is 1. The molecule has 8 heteroatoms. The molecule has 1 N–H and O–H groups in total. The van der Waals surface area contributed by atoms with E-state index in [9.17, 15) is 19.5 Å². The maximum atomic E-state index is 13.9. The van der Waals surface area contributed by atoms with Crippen molar-refractivity contribution >= 4 is 29.2 Å². The average Bonchev–Trinajstić information content (AvgIpc) is 3.26. The van der Waals surface area contributed by atoms with Gasteiger partial charge in [-0.15, -0.1) is 0 Å². The van der Waals surface area contributed by atoms with E-state index in [0.29, 0.717) is 36.1 Å². The van der Waals surface area contributed by atoms with Gasteiger partial charge in [0.2, 0.25) is 11.8 Å². The van der Waals surface area contributed by atoms with Gasteiger partial charge in [0.15, 0.2) is 0 Å². The molecule has 344 valence electrons. The topological polar surface area (TPSA) is 96.4 Å². The van der Waals surface area contributed by atoms with E-state index in [-0.39, 0.29) is 0 Å². The lowest BCUT2D eigenvalue weighted by Gasteiger charge is -2.36. The highest BCUT2D eigenvalue weighted by Crippen LogP contribution is 2.32. The number of hydrogen-bond donors (Lipinski definition) is 1. The van der Waals surface area contributed by atoms with E-state index in [0.717, 1.165) is 35.5 Å². The highest BCUT2D eigenvalue weighted by Gasteiger charge is 2.47. The molecule has 2 aromatic carbocycles. The molecule has 4 amide bonds. The van der Waals surface area contributed by atoms with Crippen LogP contribution in [0.4, 0.5) is 16.2 Å². The fraction of sp³-hybridized carbons (Fsp3) is 0.717. The van der Waals surface area contributed by atoms with Crippen molar-refractivity contribution < 1.29 is 29.0 Å². The molecular weight excluding hydrogens is 761 g/mol. The Hall–Kier alpha value is -3.39. The molecular formula is C53H86N2O6. The summed E-state index contributed by atoms with van der Waals surface area (Å²) in [5.74, 6) is -1.80. The molecule has 1 aliphatic heterocycles. The number of carbonyl (C=O) groups excluding carboxylic acids is 3. The number of unbranched alkanes of at least 4 members (excludes halogenated alkanes) is 30. The Bertz CT molecular complexity index is 1340. The smallest absolute Gasteiger partial charge is 0.342 e. The monoisotopic (exact) mass is 847 g/mol. The second-order valence-corrected chi connectivity index (χ2v) is 17.7. The van der Waals surface area contributed by atoms with E-state index < -0.39 is 30.4 Å². The third kappa shape index (κ3) is 21.5. The Kier molecular flexibility index (Phi) is 29.1. The number of imide groups is 2. The van der Waals surface area contributed by atoms with Crippen LogP contribution in [-0.2, 0) is 9.59 Å². The van der Waals surface area contributed by atoms with Crippen LogP contribution in [0.1, 0.15) is 219 Å². The first kappa shape index (κ1) is 52.0. The number of amides is 4. The van der Waals surface area contributed by atoms with E-state index in [1.165, 1.54) is 180 Å². The van der Waals surface area contributed by atoms with Gasteiger partial charge in [0, 0.05) is 12.1 Å². The van der Waals surface area contributed by atoms with Crippen LogP contribution >= 0.6 is 0 Å². The predicted octanol–water partition coefficient (Wildman–Crippen LogP) is 15.1. The Morgan fingerprint density at radius 1 is 0.426 bits per heavy atom. The molecule has 0 aliphatic carbocycles. The largest absolute Gasteiger partial charge is 0.494 e. The van der Waals surface area contributed by atoms with Crippen molar-refractivity contribution in [1.29, 1.82) is 0 Å². The van der Waals surface area contributed by atoms with Gasteiger partial charge >= 0.3 is 6.03 Å². The minimum atomic E-state index is -1.40. The quantitative estimate of drug-likeness (QED) is 0.0532. The van der Waals surface area contributed by atoms with Crippen molar-refractivity contribution in [2.24, 2.45) is 5.92 Å². The summed E-state index contributed by atoms with van der Waals surface area (Å²) in [4.78, 5) is 42.8. The van der Waals surface area contributed by atoms with Crippen LogP contribution in [0.25, 0.3) is 0 Å². The van der Waals surface area contributed by atoms with Crippen molar-refractivity contribution in [2.45, 2.75) is 219 Å². The Labute approximate surface area is 371 Å². The van der Waals surface area contributed by atoms with E-state index in [1.807, 2.05) is 12.1 Å². The van der Waals surface area contributed by atoms with Gasteiger partial charge in [0.25, 0.3) is 0 Å². The highest BCUT2D eigenvalue weighted by molar-refractivity contribution is 6.36. The number of rotatable bonds is 39. The van der Waals surface area contributed by atoms with Crippen LogP contribution in [0.5, 0.6) is 11.5 Å². The summed E-state index contributed by atoms with van der Waals surface area (Å²) >= 11 is 0. The van der Waals surface area contributed by atoms with Crippen LogP contribution in [0.2, 0.25) is 0 Å². The number of hydrogen-bond acceptors (Lipinski definition) is 6. The first-order chi connectivity index (χ1) is 30.0. The maximum absolute atomic E-state index is 13.9. The molecule has 0 aromatic heterocycles. The molecule has 1 aliphatic rings. The number of benzene rings is 2. The average molecular weight is 847 g/mol. The van der Waals surface area contributed by atoms with Crippen molar-refractivity contribution in [2.75, 3.05) is 29.6 Å². The minimum Gasteiger partial charge on any atom is -0.494 e. The molecule has 0 unspecified atom stereocenters. The molecule has 0 saturated carbocycles. The summed E-state index contributed by atoms with van der Waals surface area (Å²) in [5, 5.41) is 10.1. The molecule has 0 spiro atoms. The number of aliphatic hydroxyl groups excluding tert-OH is 1. The molecule has 61 heavy (non-hydrogen) atoms. The number of nitrogens with zero attached hydrogens (tertiary/aromatic N) is 2. The lowest BCUT2D eigenvalue weighted by atomic mass is 10.0. The molecule has 0 bridgehead atoms. The Morgan fingerprint density at radius 3 is 0.984 bits per heavy atom. The van der Waals surface area contributed by atoms with Gasteiger partial charge in [-0.25, -0.2) is 14.6 Å². The molecule has 1 saturated heterocycles. The summed E-state index contributed by atoms with van der Waals surface area (Å²) < 4.78 is 12.1. The van der Waals surface area contributed by atoms with Crippen LogP contribution in [0, 0.1) is 5.92 Å². The van der Waals surface area contributed by atoms with Crippen molar-refractivity contribution in [3.05, 3.63) is 48.5 Å². The predicted molar refractivity (Wildman–Crippen MR) is 254 cm³/mol. The van der Waals surface area contributed by atoms with Gasteiger partial charge in [-0.1, -0.05) is 219 Å². The number of carbonyl (C=O) groups is 3. The first-order valence-corrected chi connectivity index (χ1v) is 25.3. The lowest BCUT2D eigenvalue weighted by molar-refractivity contribution is -0.134. The SMILES string of the molecule is CCCCCCCCCCCCCCCCCCOc1cccc(N2C(=O)C(CO)C(=O)N(c3cccc(OCCCCCCCCCCCCCCCCCC)c3)C2=O)c1. The highest BCUT2D eigenvalue weighted by atomic mass is 16.5. The van der Waals surface area contributed by atoms with Crippen LogP contribution in [0.3, 0.4) is 0 Å². The summed E-state index contributed by atoms with van der Waals surface area (Å²) in [6, 6.07) is 12.9. The number of ether oxygens (including phenoxy) is 2. The molecule has 0 atom stereocenters. The summed E-state index contributed by atoms with van der Waals surface area (Å²) in [6.07, 6.45) is 41.8. The fourth-order valence-corrected chi connectivity index (χ4v) is 8.44. The zero-order chi connectivity index (χ0) is 43.6. The molecule has 0 radical (unpaired) electrons. The van der Waals surface area contributed by atoms with Crippen molar-refractivity contribution in [1.82, 2.24) is 0 Å². The zero-order valence-corrected chi connectivity index (χ0v) is 38.8. The molecule has 1 fully saturated rings. The lowest BCUT2D eigenvalue weighted by Crippen LogP contribution is -2.61. The third-order valence-corrected chi connectivity index (χ3v) is 12.3. The fourth-order valence-electron chi connectivity index (χ4n) is 8.44. The molecule has 1 heterocycles. The van der Waals surface area contributed by atoms with Gasteiger partial charge in [0.05, 0.1) is 31.2 Å². The van der Waals surface area contributed by atoms with E-state index in [2.05, 4.69) is 13.8 Å². The summed E-state index contributed by atoms with van der Waals surface area (Å²) in [6.45, 7) is 4.92. The van der Waals surface area contributed by atoms with Gasteiger partial charge in [-0.05, 0) is 37.1 Å². The minimum absolute atomic E-state index is 0.298. The normalized spacial score (nSPS) is 13.5. The Balaban J connectivity index is 1.34. The first-order valence-electron chi connectivity index (χ1n) is 25.3. The van der Waals surface area contributed by atoms with Crippen LogP contribution in [-0.4, -0.2) is 42.8 Å². The van der Waals surface area contributed by atoms with Crippen molar-refractivity contribution in [3.8, 4) is 11.5 Å². The second kappa shape index (κ2) is 34.1. The maximum Gasteiger partial charge on any atom is 0.342 e. The summed E-state index contributed by atoms with van der Waals surface area (Å²) in [7, 11) is 0. The number of urea groups is 1. The molecule has 8 nitrogen and oxygen atoms in total. The van der Waals surface area contributed by atoms with Crippen LogP contribution in [0.15, 0.2) is 48.5 Å². The standard InChI is InChI=1S/C53H86N2O6/c1-3-5-7-9-11-13-15-17-19-21-23-25-27-29-31-33-41-60-48-39-35-37-46(43-48)54-51(57)50(45-56)52(58)55(53(54)59)47-38-36-40-49(44-47)61-42-34-32-30-28-26-24-22-20-18-16-14-12-10-8-6-4-2/h35-40,43-44,50,56H,3-34,41-42,45H2,1-2H3. The van der Waals surface area contributed by atoms with Crippen LogP contribution < -0.4 is 19.3 Å². The third-order valence-electron chi connectivity index (χ3n) is 12.3. The second-order valence-electron chi connectivity index (χ2n) is 17.7. The van der Waals surface area contributed by atoms with Gasteiger partial charge in [0.1, 0.15) is 17.4 Å². The number of anilines is 2. The molecule has 3 rings (SSSR count). The van der Waals surface area contributed by atoms with Crippen molar-refractivity contribution in [3.63, 3.8) is 0 Å². The number of barbiturate groups is 1. The zero-order valence-electron chi connectivity index (χ0n) is 38.8. The Morgan fingerprint density at radius 2 is 0.705 bits per heavy atom. The van der Waals surface area contributed by atoms with E-state index >= 15 is 0 Å².